The fourth-order valence-electron chi connectivity index (χ4n) is 5.95. The first kappa shape index (κ1) is 31.6. The maximum absolute atomic E-state index is 14.2. The van der Waals surface area contributed by atoms with Gasteiger partial charge in [-0.2, -0.15) is 5.10 Å². The number of hydrogen-bond donors (Lipinski definition) is 3. The molecule has 3 aromatic carbocycles. The summed E-state index contributed by atoms with van der Waals surface area (Å²) in [5.41, 5.74) is 3.81. The number of piperidine rings is 1. The van der Waals surface area contributed by atoms with Crippen molar-refractivity contribution in [3.63, 3.8) is 0 Å². The molecule has 0 bridgehead atoms. The summed E-state index contributed by atoms with van der Waals surface area (Å²) in [7, 11) is -3.78. The molecule has 1 aromatic heterocycles. The fraction of sp³-hybridized carbons (Fsp3) is 0.371. The minimum atomic E-state index is -3.78. The number of benzene rings is 3. The van der Waals surface area contributed by atoms with E-state index < -0.39 is 21.1 Å². The number of fused-ring (bicyclic) bond motifs is 1. The molecule has 0 aliphatic carbocycles. The monoisotopic (exact) mass is 643 g/mol. The Labute approximate surface area is 270 Å². The van der Waals surface area contributed by atoms with E-state index in [1.807, 2.05) is 37.3 Å². The van der Waals surface area contributed by atoms with Crippen molar-refractivity contribution < 1.29 is 22.7 Å². The highest BCUT2D eigenvalue weighted by molar-refractivity contribution is 7.91. The van der Waals surface area contributed by atoms with Gasteiger partial charge in [-0.25, -0.2) is 17.9 Å². The van der Waals surface area contributed by atoms with E-state index in [9.17, 15) is 13.2 Å². The second-order valence-corrected chi connectivity index (χ2v) is 15.0. The van der Waals surface area contributed by atoms with Crippen LogP contribution in [0.4, 0.5) is 16.3 Å². The van der Waals surface area contributed by atoms with Gasteiger partial charge in [0.1, 0.15) is 19.0 Å². The zero-order valence-electron chi connectivity index (χ0n) is 26.7. The second-order valence-electron chi connectivity index (χ2n) is 13.0. The third-order valence-electron chi connectivity index (χ3n) is 8.48. The Balaban J connectivity index is 1.23. The standard InChI is InChI=1S/C35H41N5O5S/c1-23-5-11-27(12-6-23)40-32(22-31(39-40)35(2,3)4)38-34(41)37-26-9-7-24(8-10-26)33(25-15-17-36-18-16-25)46(42,43)28-13-14-29-30(21-28)45-20-19-44-29/h5-14,21-22,25,33,36H,15-20H2,1-4H3,(H2,37,38,41). The number of anilines is 2. The van der Waals surface area contributed by atoms with E-state index in [1.54, 1.807) is 47.1 Å². The molecular formula is C35H41N5O5S. The molecule has 0 saturated carbocycles. The third kappa shape index (κ3) is 6.75. The molecule has 1 atom stereocenters. The lowest BCUT2D eigenvalue weighted by molar-refractivity contribution is 0.171. The summed E-state index contributed by atoms with van der Waals surface area (Å²) in [5, 5.41) is 13.2. The summed E-state index contributed by atoms with van der Waals surface area (Å²) in [5.74, 6) is 1.47. The molecule has 0 spiro atoms. The topological polar surface area (TPSA) is 124 Å². The Kier molecular flexibility index (Phi) is 8.80. The van der Waals surface area contributed by atoms with E-state index in [0.29, 0.717) is 41.8 Å². The van der Waals surface area contributed by atoms with Crippen LogP contribution in [0.25, 0.3) is 5.69 Å². The van der Waals surface area contributed by atoms with Crippen molar-refractivity contribution in [1.82, 2.24) is 15.1 Å². The molecule has 4 aromatic rings. The average Bonchev–Trinajstić information content (AvgIpc) is 3.47. The van der Waals surface area contributed by atoms with Crippen LogP contribution in [0.5, 0.6) is 11.5 Å². The Hall–Kier alpha value is -4.35. The second kappa shape index (κ2) is 12.8. The number of aromatic nitrogens is 2. The minimum absolute atomic E-state index is 0.0689. The summed E-state index contributed by atoms with van der Waals surface area (Å²) < 4.78 is 41.5. The van der Waals surface area contributed by atoms with Gasteiger partial charge in [-0.1, -0.05) is 50.6 Å². The minimum Gasteiger partial charge on any atom is -0.486 e. The molecule has 2 aliphatic heterocycles. The van der Waals surface area contributed by atoms with Gasteiger partial charge in [-0.15, -0.1) is 0 Å². The summed E-state index contributed by atoms with van der Waals surface area (Å²) in [6, 6.07) is 21.3. The van der Waals surface area contributed by atoms with Crippen LogP contribution in [0.1, 0.15) is 55.7 Å². The number of amides is 2. The van der Waals surface area contributed by atoms with Crippen molar-refractivity contribution in [2.45, 2.75) is 56.1 Å². The number of nitrogens with zero attached hydrogens (tertiary/aromatic N) is 2. The first-order valence-electron chi connectivity index (χ1n) is 15.7. The number of urea groups is 1. The lowest BCUT2D eigenvalue weighted by Gasteiger charge is -2.31. The summed E-state index contributed by atoms with van der Waals surface area (Å²) >= 11 is 0. The molecule has 1 saturated heterocycles. The Bertz CT molecular complexity index is 1810. The van der Waals surface area contributed by atoms with Crippen LogP contribution in [-0.4, -0.2) is 50.5 Å². The third-order valence-corrected chi connectivity index (χ3v) is 10.7. The zero-order chi connectivity index (χ0) is 32.5. The average molecular weight is 644 g/mol. The van der Waals surface area contributed by atoms with Gasteiger partial charge in [0.05, 0.1) is 21.5 Å². The van der Waals surface area contributed by atoms with Gasteiger partial charge in [0.2, 0.25) is 0 Å². The number of ether oxygens (including phenoxy) is 2. The van der Waals surface area contributed by atoms with Crippen molar-refractivity contribution in [3.8, 4) is 17.2 Å². The first-order chi connectivity index (χ1) is 22.0. The molecule has 46 heavy (non-hydrogen) atoms. The molecule has 2 amide bonds. The van der Waals surface area contributed by atoms with Gasteiger partial charge >= 0.3 is 6.03 Å². The number of rotatable bonds is 7. The van der Waals surface area contributed by atoms with Gasteiger partial charge in [0, 0.05) is 23.2 Å². The quantitative estimate of drug-likeness (QED) is 0.213. The van der Waals surface area contributed by atoms with Gasteiger partial charge in [0.15, 0.2) is 21.3 Å². The number of carbonyl (C=O) groups is 1. The van der Waals surface area contributed by atoms with Crippen molar-refractivity contribution in [1.29, 1.82) is 0 Å². The van der Waals surface area contributed by atoms with Crippen LogP contribution in [0, 0.1) is 12.8 Å². The van der Waals surface area contributed by atoms with Gasteiger partial charge in [-0.05, 0) is 80.7 Å². The highest BCUT2D eigenvalue weighted by Gasteiger charge is 2.37. The van der Waals surface area contributed by atoms with E-state index in [2.05, 4.69) is 36.7 Å². The predicted octanol–water partition coefficient (Wildman–Crippen LogP) is 6.41. The maximum atomic E-state index is 14.2. The molecule has 6 rings (SSSR count). The Morgan fingerprint density at radius 2 is 1.59 bits per heavy atom. The van der Waals surface area contributed by atoms with Crippen molar-refractivity contribution in [3.05, 3.63) is 89.6 Å². The van der Waals surface area contributed by atoms with Crippen molar-refractivity contribution in [2.75, 3.05) is 36.9 Å². The first-order valence-corrected chi connectivity index (χ1v) is 17.2. The van der Waals surface area contributed by atoms with Crippen LogP contribution in [0.2, 0.25) is 0 Å². The highest BCUT2D eigenvalue weighted by atomic mass is 32.2. The van der Waals surface area contributed by atoms with Crippen LogP contribution < -0.4 is 25.4 Å². The number of hydrogen-bond acceptors (Lipinski definition) is 7. The molecule has 3 heterocycles. The van der Waals surface area contributed by atoms with Gasteiger partial charge in [0.25, 0.3) is 0 Å². The molecule has 2 aliphatic rings. The van der Waals surface area contributed by atoms with Crippen molar-refractivity contribution >= 4 is 27.4 Å². The van der Waals surface area contributed by atoms with E-state index in [-0.39, 0.29) is 16.2 Å². The summed E-state index contributed by atoms with van der Waals surface area (Å²) in [4.78, 5) is 13.4. The lowest BCUT2D eigenvalue weighted by atomic mass is 9.90. The van der Waals surface area contributed by atoms with Gasteiger partial charge in [-0.3, -0.25) is 5.32 Å². The normalized spacial score (nSPS) is 16.1. The molecule has 10 nitrogen and oxygen atoms in total. The molecular weight excluding hydrogens is 602 g/mol. The van der Waals surface area contributed by atoms with E-state index in [1.165, 1.54) is 0 Å². The van der Waals surface area contributed by atoms with Crippen LogP contribution >= 0.6 is 0 Å². The number of nitrogens with one attached hydrogen (secondary N) is 3. The van der Waals surface area contributed by atoms with E-state index >= 15 is 0 Å². The summed E-state index contributed by atoms with van der Waals surface area (Å²) in [6.07, 6.45) is 1.48. The van der Waals surface area contributed by atoms with Crippen LogP contribution in [0.15, 0.2) is 77.7 Å². The largest absolute Gasteiger partial charge is 0.486 e. The molecule has 242 valence electrons. The Morgan fingerprint density at radius 3 is 2.26 bits per heavy atom. The molecule has 11 heteroatoms. The van der Waals surface area contributed by atoms with Gasteiger partial charge < -0.3 is 20.1 Å². The molecule has 0 radical (unpaired) electrons. The zero-order valence-corrected chi connectivity index (χ0v) is 27.5. The Morgan fingerprint density at radius 1 is 0.913 bits per heavy atom. The highest BCUT2D eigenvalue weighted by Crippen LogP contribution is 2.42. The molecule has 1 unspecified atom stereocenters. The van der Waals surface area contributed by atoms with E-state index in [0.717, 1.165) is 42.9 Å². The number of carbonyl (C=O) groups excluding carboxylic acids is 1. The smallest absolute Gasteiger partial charge is 0.324 e. The molecule has 1 fully saturated rings. The van der Waals surface area contributed by atoms with E-state index in [4.69, 9.17) is 14.6 Å². The molecule has 3 N–H and O–H groups in total. The number of aryl methyl sites for hydroxylation is 1. The van der Waals surface area contributed by atoms with Crippen LogP contribution in [-0.2, 0) is 15.3 Å². The summed E-state index contributed by atoms with van der Waals surface area (Å²) in [6.45, 7) is 10.6. The number of sulfone groups is 1. The predicted molar refractivity (Wildman–Crippen MR) is 179 cm³/mol. The fourth-order valence-corrected chi connectivity index (χ4v) is 8.07. The van der Waals surface area contributed by atoms with Crippen molar-refractivity contribution in [2.24, 2.45) is 5.92 Å². The lowest BCUT2D eigenvalue weighted by Crippen LogP contribution is -2.33. The van der Waals surface area contributed by atoms with Crippen LogP contribution in [0.3, 0.4) is 0 Å². The maximum Gasteiger partial charge on any atom is 0.324 e. The SMILES string of the molecule is Cc1ccc(-n2nc(C(C)(C)C)cc2NC(=O)Nc2ccc(C(C3CCNCC3)S(=O)(=O)c3ccc4c(c3)OCCO4)cc2)cc1.